The van der Waals surface area contributed by atoms with Crippen LogP contribution in [0.15, 0.2) is 18.2 Å². The minimum atomic E-state index is 0.265. The molecule has 1 nitrogen and oxygen atoms in total. The maximum atomic E-state index is 11.8. The molecule has 0 amide bonds. The highest BCUT2D eigenvalue weighted by Crippen LogP contribution is 2.15. The van der Waals surface area contributed by atoms with Gasteiger partial charge in [0.25, 0.3) is 0 Å². The number of carbonyl (C=O) groups excluding carboxylic acids is 1. The molecule has 0 atom stereocenters. The van der Waals surface area contributed by atoms with Gasteiger partial charge in [0, 0.05) is 12.0 Å². The van der Waals surface area contributed by atoms with Crippen molar-refractivity contribution in [1.29, 1.82) is 0 Å². The summed E-state index contributed by atoms with van der Waals surface area (Å²) in [6.07, 6.45) is 0.643. The van der Waals surface area contributed by atoms with Crippen molar-refractivity contribution in [1.82, 2.24) is 0 Å². The van der Waals surface area contributed by atoms with Crippen LogP contribution in [0.3, 0.4) is 0 Å². The molecule has 1 aromatic carbocycles. The van der Waals surface area contributed by atoms with Gasteiger partial charge in [-0.2, -0.15) is 0 Å². The fourth-order valence-electron chi connectivity index (χ4n) is 1.52. The van der Waals surface area contributed by atoms with Crippen LogP contribution in [0.25, 0.3) is 0 Å². The van der Waals surface area contributed by atoms with Gasteiger partial charge in [-0.05, 0) is 31.4 Å². The number of carbonyl (C=O) groups is 1. The Kier molecular flexibility index (Phi) is 3.45. The van der Waals surface area contributed by atoms with Crippen molar-refractivity contribution in [2.45, 2.75) is 34.1 Å². The van der Waals surface area contributed by atoms with Gasteiger partial charge in [0.1, 0.15) is 0 Å². The largest absolute Gasteiger partial charge is 0.294 e. The van der Waals surface area contributed by atoms with Crippen molar-refractivity contribution >= 4 is 5.78 Å². The van der Waals surface area contributed by atoms with Gasteiger partial charge in [-0.25, -0.2) is 0 Å². The Morgan fingerprint density at radius 3 is 2.50 bits per heavy atom. The minimum absolute atomic E-state index is 0.265. The van der Waals surface area contributed by atoms with E-state index >= 15 is 0 Å². The van der Waals surface area contributed by atoms with Gasteiger partial charge >= 0.3 is 0 Å². The predicted molar refractivity (Wildman–Crippen MR) is 59.7 cm³/mol. The van der Waals surface area contributed by atoms with Crippen LogP contribution in [0, 0.1) is 19.8 Å². The van der Waals surface area contributed by atoms with Crippen molar-refractivity contribution < 1.29 is 4.79 Å². The number of ketones is 1. The predicted octanol–water partition coefficient (Wildman–Crippen LogP) is 3.53. The highest BCUT2D eigenvalue weighted by atomic mass is 16.1. The highest BCUT2D eigenvalue weighted by molar-refractivity contribution is 5.97. The van der Waals surface area contributed by atoms with Crippen LogP contribution in [-0.2, 0) is 0 Å². The second-order valence-electron chi connectivity index (χ2n) is 4.34. The van der Waals surface area contributed by atoms with Gasteiger partial charge in [0.2, 0.25) is 0 Å². The van der Waals surface area contributed by atoms with Gasteiger partial charge in [-0.3, -0.25) is 4.79 Å². The van der Waals surface area contributed by atoms with Crippen molar-refractivity contribution in [3.63, 3.8) is 0 Å². The molecule has 0 N–H and O–H groups in total. The Labute approximate surface area is 86.1 Å². The first-order chi connectivity index (χ1) is 6.50. The molecule has 0 saturated heterocycles. The summed E-state index contributed by atoms with van der Waals surface area (Å²) in [4.78, 5) is 11.8. The van der Waals surface area contributed by atoms with Crippen LogP contribution < -0.4 is 0 Å². The van der Waals surface area contributed by atoms with E-state index in [-0.39, 0.29) is 5.78 Å². The molecular formula is C13H18O. The topological polar surface area (TPSA) is 17.1 Å². The van der Waals surface area contributed by atoms with E-state index in [1.165, 1.54) is 0 Å². The summed E-state index contributed by atoms with van der Waals surface area (Å²) in [5.74, 6) is 0.698. The Balaban J connectivity index is 2.94. The lowest BCUT2D eigenvalue weighted by Crippen LogP contribution is -2.05. The van der Waals surface area contributed by atoms with Crippen LogP contribution >= 0.6 is 0 Å². The standard InChI is InChI=1S/C13H18O/c1-9(2)7-13(14)12-8-10(3)5-6-11(12)4/h5-6,8-9H,7H2,1-4H3. The molecule has 1 heteroatoms. The molecule has 0 unspecified atom stereocenters. The summed E-state index contributed by atoms with van der Waals surface area (Å²) in [6, 6.07) is 6.05. The molecular weight excluding hydrogens is 172 g/mol. The van der Waals surface area contributed by atoms with E-state index in [9.17, 15) is 4.79 Å². The normalized spacial score (nSPS) is 10.6. The van der Waals surface area contributed by atoms with E-state index in [1.54, 1.807) is 0 Å². The summed E-state index contributed by atoms with van der Waals surface area (Å²) in [5, 5.41) is 0. The molecule has 0 aromatic heterocycles. The van der Waals surface area contributed by atoms with Gasteiger partial charge in [0.15, 0.2) is 5.78 Å². The molecule has 0 fully saturated rings. The molecule has 0 spiro atoms. The quantitative estimate of drug-likeness (QED) is 0.666. The van der Waals surface area contributed by atoms with E-state index in [0.29, 0.717) is 12.3 Å². The van der Waals surface area contributed by atoms with E-state index in [2.05, 4.69) is 13.8 Å². The second-order valence-corrected chi connectivity index (χ2v) is 4.34. The summed E-state index contributed by atoms with van der Waals surface area (Å²) < 4.78 is 0. The molecule has 0 aliphatic heterocycles. The summed E-state index contributed by atoms with van der Waals surface area (Å²) in [5.41, 5.74) is 3.13. The van der Waals surface area contributed by atoms with Gasteiger partial charge in [-0.15, -0.1) is 0 Å². The molecule has 0 saturated carbocycles. The Hall–Kier alpha value is -1.11. The molecule has 0 aliphatic rings. The van der Waals surface area contributed by atoms with Crippen molar-refractivity contribution in [3.05, 3.63) is 34.9 Å². The first kappa shape index (κ1) is 11.0. The average molecular weight is 190 g/mol. The third-order valence-electron chi connectivity index (χ3n) is 2.29. The molecule has 14 heavy (non-hydrogen) atoms. The zero-order valence-electron chi connectivity index (χ0n) is 9.42. The zero-order valence-corrected chi connectivity index (χ0v) is 9.42. The van der Waals surface area contributed by atoms with Crippen LogP contribution in [-0.4, -0.2) is 5.78 Å². The van der Waals surface area contributed by atoms with Crippen molar-refractivity contribution in [3.8, 4) is 0 Å². The SMILES string of the molecule is Cc1ccc(C)c(C(=O)CC(C)C)c1. The lowest BCUT2D eigenvalue weighted by atomic mass is 9.96. The monoisotopic (exact) mass is 190 g/mol. The molecule has 0 heterocycles. The second kappa shape index (κ2) is 4.41. The highest BCUT2D eigenvalue weighted by Gasteiger charge is 2.10. The van der Waals surface area contributed by atoms with Crippen LogP contribution in [0.2, 0.25) is 0 Å². The van der Waals surface area contributed by atoms with E-state index in [1.807, 2.05) is 32.0 Å². The lowest BCUT2D eigenvalue weighted by Gasteiger charge is -2.07. The summed E-state index contributed by atoms with van der Waals surface area (Å²) >= 11 is 0. The first-order valence-corrected chi connectivity index (χ1v) is 5.11. The third kappa shape index (κ3) is 2.69. The fraction of sp³-hybridized carbons (Fsp3) is 0.462. The Morgan fingerprint density at radius 2 is 1.93 bits per heavy atom. The zero-order chi connectivity index (χ0) is 10.7. The molecule has 0 aliphatic carbocycles. The minimum Gasteiger partial charge on any atom is -0.294 e. The number of rotatable bonds is 3. The number of hydrogen-bond acceptors (Lipinski definition) is 1. The van der Waals surface area contributed by atoms with Gasteiger partial charge < -0.3 is 0 Å². The van der Waals surface area contributed by atoms with Gasteiger partial charge in [-0.1, -0.05) is 31.5 Å². The number of benzene rings is 1. The van der Waals surface area contributed by atoms with Crippen molar-refractivity contribution in [2.24, 2.45) is 5.92 Å². The molecule has 1 rings (SSSR count). The van der Waals surface area contributed by atoms with E-state index in [4.69, 9.17) is 0 Å². The van der Waals surface area contributed by atoms with Crippen LogP contribution in [0.5, 0.6) is 0 Å². The fourth-order valence-corrected chi connectivity index (χ4v) is 1.52. The maximum absolute atomic E-state index is 11.8. The number of aryl methyl sites for hydroxylation is 2. The molecule has 76 valence electrons. The molecule has 1 aromatic rings. The molecule has 0 bridgehead atoms. The Bertz CT molecular complexity index is 337. The lowest BCUT2D eigenvalue weighted by molar-refractivity contribution is 0.0967. The first-order valence-electron chi connectivity index (χ1n) is 5.11. The van der Waals surface area contributed by atoms with Crippen molar-refractivity contribution in [2.75, 3.05) is 0 Å². The summed E-state index contributed by atoms with van der Waals surface area (Å²) in [6.45, 7) is 8.16. The maximum Gasteiger partial charge on any atom is 0.163 e. The third-order valence-corrected chi connectivity index (χ3v) is 2.29. The Morgan fingerprint density at radius 1 is 1.29 bits per heavy atom. The van der Waals surface area contributed by atoms with E-state index < -0.39 is 0 Å². The number of Topliss-reactive ketones (excluding diaryl/α,β-unsaturated/α-hetero) is 1. The van der Waals surface area contributed by atoms with Gasteiger partial charge in [0.05, 0.1) is 0 Å². The van der Waals surface area contributed by atoms with Crippen LogP contribution in [0.1, 0.15) is 41.8 Å². The number of hydrogen-bond donors (Lipinski definition) is 0. The summed E-state index contributed by atoms with van der Waals surface area (Å²) in [7, 11) is 0. The smallest absolute Gasteiger partial charge is 0.163 e. The molecule has 0 radical (unpaired) electrons. The average Bonchev–Trinajstić information content (AvgIpc) is 2.08. The van der Waals surface area contributed by atoms with Crippen LogP contribution in [0.4, 0.5) is 0 Å². The van der Waals surface area contributed by atoms with E-state index in [0.717, 1.165) is 16.7 Å².